The van der Waals surface area contributed by atoms with Crippen LogP contribution >= 0.6 is 35.0 Å². The van der Waals surface area contributed by atoms with E-state index in [1.807, 2.05) is 0 Å². The highest BCUT2D eigenvalue weighted by atomic mass is 35.5. The number of nitrogens with one attached hydrogen (secondary N) is 1. The first-order valence-corrected chi connectivity index (χ1v) is 10.5. The molecule has 3 aromatic heterocycles. The summed E-state index contributed by atoms with van der Waals surface area (Å²) in [4.78, 5) is 12.8. The predicted molar refractivity (Wildman–Crippen MR) is 116 cm³/mol. The molecule has 0 saturated heterocycles. The lowest BCUT2D eigenvalue weighted by Crippen LogP contribution is -2.20. The first kappa shape index (κ1) is 21.7. The Morgan fingerprint density at radius 2 is 2.19 bits per heavy atom. The van der Waals surface area contributed by atoms with E-state index in [1.165, 1.54) is 22.7 Å². The molecule has 0 radical (unpaired) electrons. The van der Waals surface area contributed by atoms with E-state index >= 15 is 0 Å². The van der Waals surface area contributed by atoms with Crippen LogP contribution in [0.1, 0.15) is 21.7 Å². The number of nitrogen functional groups attached to an aromatic ring is 1. The number of anilines is 1. The van der Waals surface area contributed by atoms with Gasteiger partial charge in [0.2, 0.25) is 11.6 Å². The summed E-state index contributed by atoms with van der Waals surface area (Å²) < 4.78 is 7.63. The number of hydrogen-bond donors (Lipinski definition) is 2. The fraction of sp³-hybridized carbons (Fsp3) is 0.125. The molecule has 0 unspecified atom stereocenters. The lowest BCUT2D eigenvalue weighted by Gasteiger charge is -2.05. The zero-order chi connectivity index (χ0) is 22.7. The summed E-state index contributed by atoms with van der Waals surface area (Å²) in [6, 6.07) is 4.89. The van der Waals surface area contributed by atoms with Gasteiger partial charge in [0.15, 0.2) is 10.9 Å². The number of benzene rings is 1. The summed E-state index contributed by atoms with van der Waals surface area (Å²) in [6.07, 6.45) is 2.94. The molecule has 0 atom stereocenters. The van der Waals surface area contributed by atoms with Crippen LogP contribution in [0, 0.1) is 0 Å². The van der Waals surface area contributed by atoms with Crippen LogP contribution in [0.25, 0.3) is 5.82 Å². The van der Waals surface area contributed by atoms with Crippen LogP contribution in [-0.2, 0) is 12.8 Å². The molecule has 0 spiro atoms. The van der Waals surface area contributed by atoms with E-state index in [-0.39, 0.29) is 23.1 Å². The maximum absolute atomic E-state index is 12.8. The Labute approximate surface area is 193 Å². The first-order valence-electron chi connectivity index (χ1n) is 8.72. The fourth-order valence-electron chi connectivity index (χ4n) is 2.47. The Balaban J connectivity index is 1.58. The van der Waals surface area contributed by atoms with Crippen LogP contribution in [0.3, 0.4) is 0 Å². The third-order valence-electron chi connectivity index (χ3n) is 4.01. The molecule has 32 heavy (non-hydrogen) atoms. The maximum Gasteiger partial charge on any atom is 0.293 e. The lowest BCUT2D eigenvalue weighted by atomic mass is 10.2. The van der Waals surface area contributed by atoms with Crippen LogP contribution in [0.2, 0.25) is 10.0 Å². The van der Waals surface area contributed by atoms with E-state index in [1.54, 1.807) is 36.1 Å². The molecule has 4 rings (SSSR count). The van der Waals surface area contributed by atoms with E-state index in [0.29, 0.717) is 26.5 Å². The number of hydrogen-bond acceptors (Lipinski definition) is 11. The van der Waals surface area contributed by atoms with Crippen molar-refractivity contribution in [1.29, 1.82) is 0 Å². The van der Waals surface area contributed by atoms with Crippen molar-refractivity contribution in [2.75, 3.05) is 5.73 Å². The molecule has 4 aromatic rings. The summed E-state index contributed by atoms with van der Waals surface area (Å²) in [5.74, 6) is -0.286. The van der Waals surface area contributed by atoms with Crippen LogP contribution < -0.4 is 11.2 Å². The molecule has 0 saturated carbocycles. The minimum atomic E-state index is -0.610. The standard InChI is InChI=1S/C16H13Cl2N11O2S/c1-28-7-21-24-16(28)32-6-11-12(22-27-29(11)14-13(19)25-31-26-14)15(30)23-20-5-8-2-3-9(17)4-10(8)18/h2-5,7H,6H2,1H3,(H2,19,25)(H,23,30)/b20-5-. The number of halogens is 2. The SMILES string of the molecule is Cn1cnnc1SCc1c(C(=O)N/N=C\c2ccc(Cl)cc2Cl)nnn1-c1nonc1N. The quantitative estimate of drug-likeness (QED) is 0.219. The molecule has 0 aliphatic heterocycles. The fourth-order valence-corrected chi connectivity index (χ4v) is 3.81. The number of carbonyl (C=O) groups is 1. The van der Waals surface area contributed by atoms with Gasteiger partial charge in [0.25, 0.3) is 5.91 Å². The van der Waals surface area contributed by atoms with Crippen molar-refractivity contribution in [3.63, 3.8) is 0 Å². The normalized spacial score (nSPS) is 11.3. The number of carbonyl (C=O) groups excluding carboxylic acids is 1. The molecule has 1 aromatic carbocycles. The third kappa shape index (κ3) is 4.56. The van der Waals surface area contributed by atoms with E-state index in [2.05, 4.69) is 46.0 Å². The smallest absolute Gasteiger partial charge is 0.293 e. The Morgan fingerprint density at radius 3 is 2.88 bits per heavy atom. The van der Waals surface area contributed by atoms with Gasteiger partial charge in [-0.15, -0.1) is 15.3 Å². The maximum atomic E-state index is 12.8. The number of nitrogens with zero attached hydrogens (tertiary/aromatic N) is 9. The molecular weight excluding hydrogens is 481 g/mol. The molecule has 0 fully saturated rings. The van der Waals surface area contributed by atoms with Gasteiger partial charge >= 0.3 is 0 Å². The number of rotatable bonds is 7. The van der Waals surface area contributed by atoms with Gasteiger partial charge in [-0.1, -0.05) is 46.2 Å². The molecule has 16 heteroatoms. The van der Waals surface area contributed by atoms with Gasteiger partial charge in [-0.25, -0.2) is 10.1 Å². The van der Waals surface area contributed by atoms with Crippen molar-refractivity contribution in [3.8, 4) is 5.82 Å². The van der Waals surface area contributed by atoms with Gasteiger partial charge in [0, 0.05) is 23.4 Å². The van der Waals surface area contributed by atoms with Crippen molar-refractivity contribution in [2.45, 2.75) is 10.9 Å². The van der Waals surface area contributed by atoms with Gasteiger partial charge in [-0.05, 0) is 22.4 Å². The second-order valence-electron chi connectivity index (χ2n) is 6.15. The van der Waals surface area contributed by atoms with Crippen molar-refractivity contribution in [3.05, 3.63) is 51.5 Å². The van der Waals surface area contributed by atoms with Crippen LogP contribution in [0.5, 0.6) is 0 Å². The summed E-state index contributed by atoms with van der Waals surface area (Å²) in [5.41, 5.74) is 9.12. The second kappa shape index (κ2) is 9.33. The molecular formula is C16H13Cl2N11O2S. The highest BCUT2D eigenvalue weighted by molar-refractivity contribution is 7.98. The van der Waals surface area contributed by atoms with E-state index in [0.717, 1.165) is 0 Å². The monoisotopic (exact) mass is 493 g/mol. The minimum Gasteiger partial charge on any atom is -0.378 e. The molecule has 1 amide bonds. The second-order valence-corrected chi connectivity index (χ2v) is 7.93. The van der Waals surface area contributed by atoms with Gasteiger partial charge in [-0.3, -0.25) is 4.79 Å². The van der Waals surface area contributed by atoms with E-state index in [4.69, 9.17) is 28.9 Å². The molecule has 164 valence electrons. The number of hydrazone groups is 1. The summed E-state index contributed by atoms with van der Waals surface area (Å²) >= 11 is 13.3. The average molecular weight is 494 g/mol. The van der Waals surface area contributed by atoms with Gasteiger partial charge < -0.3 is 10.3 Å². The number of aryl methyl sites for hydroxylation is 1. The molecule has 0 aliphatic carbocycles. The lowest BCUT2D eigenvalue weighted by molar-refractivity contribution is 0.0949. The number of aromatic nitrogens is 8. The van der Waals surface area contributed by atoms with Crippen LogP contribution in [0.4, 0.5) is 5.82 Å². The van der Waals surface area contributed by atoms with E-state index in [9.17, 15) is 4.79 Å². The largest absolute Gasteiger partial charge is 0.378 e. The Hall–Kier alpha value is -3.49. The molecule has 0 aliphatic rings. The minimum absolute atomic E-state index is 0.00132. The molecule has 3 heterocycles. The van der Waals surface area contributed by atoms with Crippen molar-refractivity contribution >= 4 is 52.9 Å². The van der Waals surface area contributed by atoms with Gasteiger partial charge in [-0.2, -0.15) is 9.78 Å². The third-order valence-corrected chi connectivity index (χ3v) is 5.62. The zero-order valence-corrected chi connectivity index (χ0v) is 18.5. The van der Waals surface area contributed by atoms with E-state index < -0.39 is 5.91 Å². The molecule has 3 N–H and O–H groups in total. The number of thioether (sulfide) groups is 1. The van der Waals surface area contributed by atoms with Crippen molar-refractivity contribution < 1.29 is 9.42 Å². The van der Waals surface area contributed by atoms with Crippen molar-refractivity contribution in [1.82, 2.24) is 45.5 Å². The summed E-state index contributed by atoms with van der Waals surface area (Å²) in [7, 11) is 1.79. The number of amides is 1. The highest BCUT2D eigenvalue weighted by Gasteiger charge is 2.24. The summed E-state index contributed by atoms with van der Waals surface area (Å²) in [6.45, 7) is 0. The Bertz CT molecular complexity index is 1300. The molecule has 13 nitrogen and oxygen atoms in total. The number of nitrogens with two attached hydrogens (primary N) is 1. The topological polar surface area (TPSA) is 168 Å². The van der Waals surface area contributed by atoms with Gasteiger partial charge in [0.1, 0.15) is 6.33 Å². The summed E-state index contributed by atoms with van der Waals surface area (Å²) in [5, 5.41) is 28.4. The van der Waals surface area contributed by atoms with Crippen molar-refractivity contribution in [2.24, 2.45) is 12.1 Å². The highest BCUT2D eigenvalue weighted by Crippen LogP contribution is 2.24. The average Bonchev–Trinajstić information content (AvgIpc) is 3.47. The molecule has 0 bridgehead atoms. The van der Waals surface area contributed by atoms with Gasteiger partial charge in [0.05, 0.1) is 16.9 Å². The predicted octanol–water partition coefficient (Wildman–Crippen LogP) is 1.72. The Morgan fingerprint density at radius 1 is 1.34 bits per heavy atom. The van der Waals surface area contributed by atoms with Crippen LogP contribution in [0.15, 0.2) is 39.4 Å². The van der Waals surface area contributed by atoms with Crippen LogP contribution in [-0.4, -0.2) is 52.2 Å². The Kier molecular flexibility index (Phi) is 6.34. The first-order chi connectivity index (χ1) is 15.4. The zero-order valence-electron chi connectivity index (χ0n) is 16.2.